The Labute approximate surface area is 122 Å². The first kappa shape index (κ1) is 13.5. The van der Waals surface area contributed by atoms with Gasteiger partial charge in [-0.05, 0) is 12.0 Å². The largest absolute Gasteiger partial charge is 0.339 e. The predicted octanol–water partition coefficient (Wildman–Crippen LogP) is 2.10. The Bertz CT molecular complexity index is 704. The van der Waals surface area contributed by atoms with Crippen LogP contribution in [0.2, 0.25) is 0 Å². The van der Waals surface area contributed by atoms with E-state index in [1.165, 1.54) is 0 Å². The van der Waals surface area contributed by atoms with Crippen LogP contribution < -0.4 is 5.73 Å². The average molecular weight is 283 g/mol. The molecule has 1 atom stereocenters. The standard InChI is InChI=1S/C15H17N5O/c1-20-10-17-9-13(20)15-18-14(21-19-15)8-7-12(16)11-5-3-2-4-6-11/h2-6,9-10,12H,7-8,16H2,1H3. The number of imidazole rings is 1. The molecular formula is C15H17N5O. The van der Waals surface area contributed by atoms with Crippen LogP contribution in [0.4, 0.5) is 0 Å². The highest BCUT2D eigenvalue weighted by Gasteiger charge is 2.13. The second-order valence-corrected chi connectivity index (χ2v) is 4.96. The molecule has 2 heterocycles. The fourth-order valence-corrected chi connectivity index (χ4v) is 2.18. The van der Waals surface area contributed by atoms with Gasteiger partial charge in [0.05, 0.1) is 12.5 Å². The predicted molar refractivity (Wildman–Crippen MR) is 78.2 cm³/mol. The Morgan fingerprint density at radius 3 is 2.81 bits per heavy atom. The second kappa shape index (κ2) is 5.88. The van der Waals surface area contributed by atoms with Crippen LogP contribution in [0.1, 0.15) is 23.9 Å². The van der Waals surface area contributed by atoms with Crippen LogP contribution >= 0.6 is 0 Å². The Hall–Kier alpha value is -2.47. The van der Waals surface area contributed by atoms with E-state index in [0.717, 1.165) is 17.7 Å². The summed E-state index contributed by atoms with van der Waals surface area (Å²) in [6.07, 6.45) is 4.83. The Morgan fingerprint density at radius 1 is 1.29 bits per heavy atom. The third kappa shape index (κ3) is 3.00. The molecule has 21 heavy (non-hydrogen) atoms. The molecule has 0 fully saturated rings. The summed E-state index contributed by atoms with van der Waals surface area (Å²) >= 11 is 0. The van der Waals surface area contributed by atoms with E-state index in [2.05, 4.69) is 15.1 Å². The molecule has 0 radical (unpaired) electrons. The molecule has 3 aromatic rings. The third-order valence-electron chi connectivity index (χ3n) is 3.41. The minimum atomic E-state index is -0.0294. The van der Waals surface area contributed by atoms with Gasteiger partial charge in [0.1, 0.15) is 5.69 Å². The molecule has 2 aromatic heterocycles. The summed E-state index contributed by atoms with van der Waals surface area (Å²) in [6.45, 7) is 0. The van der Waals surface area contributed by atoms with Crippen LogP contribution in [0.15, 0.2) is 47.4 Å². The Balaban J connectivity index is 1.64. The molecule has 0 saturated heterocycles. The van der Waals surface area contributed by atoms with Crippen LogP contribution in [-0.2, 0) is 13.5 Å². The normalized spacial score (nSPS) is 12.5. The summed E-state index contributed by atoms with van der Waals surface area (Å²) in [5, 5.41) is 3.98. The first-order chi connectivity index (χ1) is 10.2. The van der Waals surface area contributed by atoms with E-state index in [1.807, 2.05) is 41.9 Å². The molecule has 6 heteroatoms. The fraction of sp³-hybridized carbons (Fsp3) is 0.267. The number of aromatic nitrogens is 4. The summed E-state index contributed by atoms with van der Waals surface area (Å²) in [6, 6.07) is 9.98. The maximum Gasteiger partial charge on any atom is 0.227 e. The molecule has 1 unspecified atom stereocenters. The summed E-state index contributed by atoms with van der Waals surface area (Å²) in [5.41, 5.74) is 8.11. The molecule has 0 spiro atoms. The van der Waals surface area contributed by atoms with E-state index >= 15 is 0 Å². The molecule has 1 aromatic carbocycles. The lowest BCUT2D eigenvalue weighted by Crippen LogP contribution is -2.11. The number of hydrogen-bond donors (Lipinski definition) is 1. The molecule has 0 aliphatic carbocycles. The van der Waals surface area contributed by atoms with E-state index in [0.29, 0.717) is 18.1 Å². The maximum absolute atomic E-state index is 6.16. The zero-order chi connectivity index (χ0) is 14.7. The molecule has 0 aliphatic heterocycles. The van der Waals surface area contributed by atoms with Crippen LogP contribution in [0.5, 0.6) is 0 Å². The zero-order valence-electron chi connectivity index (χ0n) is 11.8. The molecule has 108 valence electrons. The van der Waals surface area contributed by atoms with Crippen LogP contribution in [0.25, 0.3) is 11.5 Å². The molecule has 0 saturated carbocycles. The highest BCUT2D eigenvalue weighted by molar-refractivity contribution is 5.46. The van der Waals surface area contributed by atoms with Crippen molar-refractivity contribution in [1.29, 1.82) is 0 Å². The Kier molecular flexibility index (Phi) is 3.79. The van der Waals surface area contributed by atoms with Gasteiger partial charge in [-0.15, -0.1) is 0 Å². The van der Waals surface area contributed by atoms with Crippen LogP contribution in [-0.4, -0.2) is 19.7 Å². The minimum Gasteiger partial charge on any atom is -0.339 e. The maximum atomic E-state index is 6.16. The topological polar surface area (TPSA) is 82.8 Å². The molecule has 3 rings (SSSR count). The quantitative estimate of drug-likeness (QED) is 0.775. The highest BCUT2D eigenvalue weighted by atomic mass is 16.5. The number of aryl methyl sites for hydroxylation is 2. The summed E-state index contributed by atoms with van der Waals surface area (Å²) in [7, 11) is 1.89. The molecule has 0 amide bonds. The number of nitrogens with two attached hydrogens (primary N) is 1. The SMILES string of the molecule is Cn1cncc1-c1noc(CCC(N)c2ccccc2)n1. The van der Waals surface area contributed by atoms with Gasteiger partial charge in [-0.25, -0.2) is 4.98 Å². The summed E-state index contributed by atoms with van der Waals surface area (Å²) < 4.78 is 7.12. The van der Waals surface area contributed by atoms with Gasteiger partial charge in [-0.1, -0.05) is 35.5 Å². The first-order valence-electron chi connectivity index (χ1n) is 6.84. The molecule has 0 aliphatic rings. The minimum absolute atomic E-state index is 0.0294. The number of benzene rings is 1. The van der Waals surface area contributed by atoms with E-state index in [-0.39, 0.29) is 6.04 Å². The number of hydrogen-bond acceptors (Lipinski definition) is 5. The second-order valence-electron chi connectivity index (χ2n) is 4.96. The Morgan fingerprint density at radius 2 is 2.10 bits per heavy atom. The molecular weight excluding hydrogens is 266 g/mol. The van der Waals surface area contributed by atoms with Gasteiger partial charge in [-0.2, -0.15) is 4.98 Å². The van der Waals surface area contributed by atoms with Crippen LogP contribution in [0, 0.1) is 0 Å². The van der Waals surface area contributed by atoms with E-state index in [9.17, 15) is 0 Å². The van der Waals surface area contributed by atoms with E-state index < -0.39 is 0 Å². The van der Waals surface area contributed by atoms with Crippen molar-refractivity contribution in [1.82, 2.24) is 19.7 Å². The lowest BCUT2D eigenvalue weighted by atomic mass is 10.0. The summed E-state index contributed by atoms with van der Waals surface area (Å²) in [4.78, 5) is 8.43. The summed E-state index contributed by atoms with van der Waals surface area (Å²) in [5.74, 6) is 1.15. The van der Waals surface area contributed by atoms with Gasteiger partial charge in [-0.3, -0.25) is 0 Å². The van der Waals surface area contributed by atoms with E-state index in [1.54, 1.807) is 12.5 Å². The van der Waals surface area contributed by atoms with Gasteiger partial charge in [0, 0.05) is 19.5 Å². The number of rotatable bonds is 5. The molecule has 2 N–H and O–H groups in total. The lowest BCUT2D eigenvalue weighted by Gasteiger charge is -2.09. The van der Waals surface area contributed by atoms with Gasteiger partial charge >= 0.3 is 0 Å². The van der Waals surface area contributed by atoms with Crippen molar-refractivity contribution in [2.24, 2.45) is 12.8 Å². The average Bonchev–Trinajstić information content (AvgIpc) is 3.14. The molecule has 0 bridgehead atoms. The first-order valence-corrected chi connectivity index (χ1v) is 6.84. The number of nitrogens with zero attached hydrogens (tertiary/aromatic N) is 4. The van der Waals surface area contributed by atoms with Crippen molar-refractivity contribution < 1.29 is 4.52 Å². The van der Waals surface area contributed by atoms with Crippen molar-refractivity contribution >= 4 is 0 Å². The zero-order valence-corrected chi connectivity index (χ0v) is 11.8. The smallest absolute Gasteiger partial charge is 0.227 e. The monoisotopic (exact) mass is 283 g/mol. The van der Waals surface area contributed by atoms with Crippen molar-refractivity contribution in [3.8, 4) is 11.5 Å². The van der Waals surface area contributed by atoms with Crippen molar-refractivity contribution in [3.63, 3.8) is 0 Å². The van der Waals surface area contributed by atoms with Crippen LogP contribution in [0.3, 0.4) is 0 Å². The third-order valence-corrected chi connectivity index (χ3v) is 3.41. The molecule has 6 nitrogen and oxygen atoms in total. The van der Waals surface area contributed by atoms with Crippen molar-refractivity contribution in [2.45, 2.75) is 18.9 Å². The van der Waals surface area contributed by atoms with Gasteiger partial charge < -0.3 is 14.8 Å². The van der Waals surface area contributed by atoms with Gasteiger partial charge in [0.25, 0.3) is 0 Å². The van der Waals surface area contributed by atoms with Crippen molar-refractivity contribution in [2.75, 3.05) is 0 Å². The van der Waals surface area contributed by atoms with Gasteiger partial charge in [0.15, 0.2) is 0 Å². The van der Waals surface area contributed by atoms with Crippen molar-refractivity contribution in [3.05, 3.63) is 54.3 Å². The highest BCUT2D eigenvalue weighted by Crippen LogP contribution is 2.18. The lowest BCUT2D eigenvalue weighted by molar-refractivity contribution is 0.371. The fourth-order valence-electron chi connectivity index (χ4n) is 2.18. The van der Waals surface area contributed by atoms with Gasteiger partial charge in [0.2, 0.25) is 11.7 Å². The van der Waals surface area contributed by atoms with E-state index in [4.69, 9.17) is 10.3 Å².